The SMILES string of the molecule is O=C(O)c1ccc(COc2cccc3c2C(=O)SCC3)cc1. The minimum Gasteiger partial charge on any atom is -0.488 e. The molecule has 0 amide bonds. The predicted molar refractivity (Wildman–Crippen MR) is 84.7 cm³/mol. The van der Waals surface area contributed by atoms with Gasteiger partial charge in [-0.25, -0.2) is 4.79 Å². The third kappa shape index (κ3) is 2.99. The summed E-state index contributed by atoms with van der Waals surface area (Å²) < 4.78 is 5.78. The van der Waals surface area contributed by atoms with Crippen molar-refractivity contribution < 1.29 is 19.4 Å². The molecule has 0 aromatic heterocycles. The maximum atomic E-state index is 12.1. The number of fused-ring (bicyclic) bond motifs is 1. The van der Waals surface area contributed by atoms with E-state index < -0.39 is 5.97 Å². The molecule has 0 aliphatic carbocycles. The van der Waals surface area contributed by atoms with Gasteiger partial charge in [-0.3, -0.25) is 4.79 Å². The summed E-state index contributed by atoms with van der Waals surface area (Å²) in [4.78, 5) is 22.9. The third-order valence-electron chi connectivity index (χ3n) is 3.52. The van der Waals surface area contributed by atoms with Gasteiger partial charge in [0.1, 0.15) is 12.4 Å². The second-order valence-corrected chi connectivity index (χ2v) is 6.03. The first-order chi connectivity index (χ1) is 10.6. The molecule has 0 atom stereocenters. The van der Waals surface area contributed by atoms with Crippen molar-refractivity contribution in [3.63, 3.8) is 0 Å². The Labute approximate surface area is 132 Å². The van der Waals surface area contributed by atoms with E-state index in [1.165, 1.54) is 11.8 Å². The summed E-state index contributed by atoms with van der Waals surface area (Å²) in [6, 6.07) is 12.2. The van der Waals surface area contributed by atoms with Crippen LogP contribution >= 0.6 is 11.8 Å². The number of carboxylic acids is 1. The summed E-state index contributed by atoms with van der Waals surface area (Å²) >= 11 is 1.32. The van der Waals surface area contributed by atoms with Crippen LogP contribution in [0.1, 0.15) is 31.8 Å². The molecule has 0 unspecified atom stereocenters. The van der Waals surface area contributed by atoms with Gasteiger partial charge in [0, 0.05) is 5.75 Å². The van der Waals surface area contributed by atoms with Crippen LogP contribution in [0.25, 0.3) is 0 Å². The molecule has 3 rings (SSSR count). The molecule has 1 aliphatic rings. The lowest BCUT2D eigenvalue weighted by Gasteiger charge is -2.18. The molecular weight excluding hydrogens is 300 g/mol. The van der Waals surface area contributed by atoms with Crippen LogP contribution in [0.4, 0.5) is 0 Å². The van der Waals surface area contributed by atoms with Crippen LogP contribution in [0.2, 0.25) is 0 Å². The highest BCUT2D eigenvalue weighted by Gasteiger charge is 2.22. The van der Waals surface area contributed by atoms with Gasteiger partial charge in [-0.1, -0.05) is 36.0 Å². The number of hydrogen-bond acceptors (Lipinski definition) is 4. The van der Waals surface area contributed by atoms with E-state index in [0.29, 0.717) is 17.9 Å². The quantitative estimate of drug-likeness (QED) is 0.937. The highest BCUT2D eigenvalue weighted by Crippen LogP contribution is 2.32. The number of hydrogen-bond donors (Lipinski definition) is 1. The van der Waals surface area contributed by atoms with Gasteiger partial charge in [0.15, 0.2) is 0 Å². The van der Waals surface area contributed by atoms with Gasteiger partial charge in [-0.05, 0) is 35.7 Å². The van der Waals surface area contributed by atoms with Crippen molar-refractivity contribution in [3.05, 3.63) is 64.7 Å². The number of carbonyl (C=O) groups is 2. The Morgan fingerprint density at radius 2 is 1.95 bits per heavy atom. The van der Waals surface area contributed by atoms with Gasteiger partial charge in [0.05, 0.1) is 11.1 Å². The van der Waals surface area contributed by atoms with Crippen molar-refractivity contribution in [3.8, 4) is 5.75 Å². The van der Waals surface area contributed by atoms with Crippen LogP contribution in [-0.2, 0) is 13.0 Å². The minimum atomic E-state index is -0.952. The molecule has 5 heteroatoms. The van der Waals surface area contributed by atoms with Crippen LogP contribution in [0.3, 0.4) is 0 Å². The largest absolute Gasteiger partial charge is 0.488 e. The molecule has 2 aromatic carbocycles. The number of rotatable bonds is 4. The summed E-state index contributed by atoms with van der Waals surface area (Å²) in [5.41, 5.74) is 2.80. The summed E-state index contributed by atoms with van der Waals surface area (Å²) in [6.07, 6.45) is 0.871. The Morgan fingerprint density at radius 3 is 2.68 bits per heavy atom. The molecule has 1 N–H and O–H groups in total. The monoisotopic (exact) mass is 314 g/mol. The highest BCUT2D eigenvalue weighted by molar-refractivity contribution is 8.14. The van der Waals surface area contributed by atoms with E-state index in [9.17, 15) is 9.59 Å². The molecule has 0 saturated heterocycles. The molecule has 4 nitrogen and oxygen atoms in total. The Balaban J connectivity index is 1.77. The molecule has 0 spiro atoms. The first kappa shape index (κ1) is 14.7. The average molecular weight is 314 g/mol. The number of aryl methyl sites for hydroxylation is 1. The van der Waals surface area contributed by atoms with E-state index in [1.54, 1.807) is 30.3 Å². The Kier molecular flexibility index (Phi) is 4.15. The number of benzene rings is 2. The van der Waals surface area contributed by atoms with Crippen molar-refractivity contribution >= 4 is 22.8 Å². The zero-order chi connectivity index (χ0) is 15.5. The Morgan fingerprint density at radius 1 is 1.18 bits per heavy atom. The standard InChI is InChI=1S/C17H14O4S/c18-16(19)13-6-4-11(5-7-13)10-21-14-3-1-2-12-8-9-22-17(20)15(12)14/h1-7H,8-10H2,(H,18,19). The van der Waals surface area contributed by atoms with E-state index in [4.69, 9.17) is 9.84 Å². The van der Waals surface area contributed by atoms with Crippen molar-refractivity contribution in [1.29, 1.82) is 0 Å². The molecule has 2 aromatic rings. The summed E-state index contributed by atoms with van der Waals surface area (Å²) in [5, 5.41) is 8.93. The topological polar surface area (TPSA) is 63.6 Å². The minimum absolute atomic E-state index is 0.0538. The van der Waals surface area contributed by atoms with Crippen molar-refractivity contribution in [2.45, 2.75) is 13.0 Å². The van der Waals surface area contributed by atoms with E-state index >= 15 is 0 Å². The van der Waals surface area contributed by atoms with Crippen molar-refractivity contribution in [2.24, 2.45) is 0 Å². The summed E-state index contributed by atoms with van der Waals surface area (Å²) in [6.45, 7) is 0.300. The fourth-order valence-electron chi connectivity index (χ4n) is 2.37. The van der Waals surface area contributed by atoms with E-state index in [-0.39, 0.29) is 10.7 Å². The number of carboxylic acid groups (broad SMARTS) is 1. The second-order valence-electron chi connectivity index (χ2n) is 4.97. The zero-order valence-corrected chi connectivity index (χ0v) is 12.6. The van der Waals surface area contributed by atoms with Crippen LogP contribution in [0, 0.1) is 0 Å². The second kappa shape index (κ2) is 6.23. The number of aromatic carboxylic acids is 1. The third-order valence-corrected chi connectivity index (χ3v) is 4.39. The highest BCUT2D eigenvalue weighted by atomic mass is 32.2. The van der Waals surface area contributed by atoms with Gasteiger partial charge in [-0.15, -0.1) is 0 Å². The van der Waals surface area contributed by atoms with Crippen LogP contribution in [-0.4, -0.2) is 21.9 Å². The average Bonchev–Trinajstić information content (AvgIpc) is 2.53. The van der Waals surface area contributed by atoms with Crippen LogP contribution in [0.15, 0.2) is 42.5 Å². The number of carbonyl (C=O) groups excluding carboxylic acids is 1. The number of ether oxygens (including phenoxy) is 1. The molecule has 1 heterocycles. The molecule has 0 radical (unpaired) electrons. The molecule has 0 fully saturated rings. The van der Waals surface area contributed by atoms with Crippen molar-refractivity contribution in [1.82, 2.24) is 0 Å². The Hall–Kier alpha value is -2.27. The maximum absolute atomic E-state index is 12.1. The van der Waals surface area contributed by atoms with Crippen LogP contribution < -0.4 is 4.74 Å². The van der Waals surface area contributed by atoms with Crippen LogP contribution in [0.5, 0.6) is 5.75 Å². The molecule has 112 valence electrons. The van der Waals surface area contributed by atoms with Gasteiger partial charge >= 0.3 is 5.97 Å². The maximum Gasteiger partial charge on any atom is 0.335 e. The normalized spacial score (nSPS) is 13.5. The smallest absolute Gasteiger partial charge is 0.335 e. The lowest BCUT2D eigenvalue weighted by atomic mass is 10.0. The van der Waals surface area contributed by atoms with Gasteiger partial charge in [0.25, 0.3) is 0 Å². The summed E-state index contributed by atoms with van der Waals surface area (Å²) in [5.74, 6) is 0.454. The molecular formula is C17H14O4S. The lowest BCUT2D eigenvalue weighted by molar-refractivity contribution is 0.0696. The van der Waals surface area contributed by atoms with Gasteiger partial charge in [0.2, 0.25) is 5.12 Å². The van der Waals surface area contributed by atoms with E-state index in [0.717, 1.165) is 23.3 Å². The first-order valence-electron chi connectivity index (χ1n) is 6.89. The lowest BCUT2D eigenvalue weighted by Crippen LogP contribution is -2.11. The fraction of sp³-hybridized carbons (Fsp3) is 0.176. The Bertz CT molecular complexity index is 722. The molecule has 0 saturated carbocycles. The van der Waals surface area contributed by atoms with Gasteiger partial charge in [-0.2, -0.15) is 0 Å². The fourth-order valence-corrected chi connectivity index (χ4v) is 3.25. The zero-order valence-electron chi connectivity index (χ0n) is 11.7. The number of thioether (sulfide) groups is 1. The molecule has 0 bridgehead atoms. The first-order valence-corrected chi connectivity index (χ1v) is 7.88. The van der Waals surface area contributed by atoms with Gasteiger partial charge < -0.3 is 9.84 Å². The molecule has 1 aliphatic heterocycles. The van der Waals surface area contributed by atoms with E-state index in [2.05, 4.69) is 0 Å². The van der Waals surface area contributed by atoms with E-state index in [1.807, 2.05) is 12.1 Å². The molecule has 22 heavy (non-hydrogen) atoms. The van der Waals surface area contributed by atoms with Crippen molar-refractivity contribution in [2.75, 3.05) is 5.75 Å². The summed E-state index contributed by atoms with van der Waals surface area (Å²) in [7, 11) is 0. The predicted octanol–water partition coefficient (Wildman–Crippen LogP) is 3.39.